The van der Waals surface area contributed by atoms with Gasteiger partial charge in [0.25, 0.3) is 0 Å². The van der Waals surface area contributed by atoms with Gasteiger partial charge in [0, 0.05) is 6.04 Å². The first kappa shape index (κ1) is 10.9. The Balaban J connectivity index is 3.43. The summed E-state index contributed by atoms with van der Waals surface area (Å²) in [5, 5.41) is 0. The van der Waals surface area contributed by atoms with E-state index in [-0.39, 0.29) is 0 Å². The van der Waals surface area contributed by atoms with E-state index in [1.54, 1.807) is 0 Å². The largest absolute Gasteiger partial charge is 0.327 e. The highest BCUT2D eigenvalue weighted by Gasteiger charge is 2.09. The molecule has 0 aromatic carbocycles. The predicted molar refractivity (Wildman–Crippen MR) is 50.6 cm³/mol. The Morgan fingerprint density at radius 3 is 2.27 bits per heavy atom. The Bertz CT molecular complexity index is 91.6. The quantitative estimate of drug-likeness (QED) is 0.653. The molecule has 0 saturated carbocycles. The lowest BCUT2D eigenvalue weighted by molar-refractivity contribution is 0.339. The molecule has 0 saturated heterocycles. The summed E-state index contributed by atoms with van der Waals surface area (Å²) in [5.41, 5.74) is 5.95. The van der Waals surface area contributed by atoms with Crippen molar-refractivity contribution in [3.05, 3.63) is 0 Å². The van der Waals surface area contributed by atoms with Crippen molar-refractivity contribution >= 4 is 0 Å². The Morgan fingerprint density at radius 2 is 1.91 bits per heavy atom. The summed E-state index contributed by atoms with van der Waals surface area (Å²) in [5.74, 6) is 0.662. The molecular weight excluding hydrogens is 136 g/mol. The van der Waals surface area contributed by atoms with Crippen LogP contribution < -0.4 is 5.73 Å². The molecule has 11 heavy (non-hydrogen) atoms. The van der Waals surface area contributed by atoms with Gasteiger partial charge in [-0.1, -0.05) is 20.3 Å². The van der Waals surface area contributed by atoms with Crippen LogP contribution in [0.15, 0.2) is 0 Å². The van der Waals surface area contributed by atoms with Crippen LogP contribution in [0.5, 0.6) is 0 Å². The molecule has 68 valence electrons. The topological polar surface area (TPSA) is 29.3 Å². The first-order valence-electron chi connectivity index (χ1n) is 4.48. The van der Waals surface area contributed by atoms with Crippen molar-refractivity contribution in [3.8, 4) is 0 Å². The maximum absolute atomic E-state index is 5.95. The van der Waals surface area contributed by atoms with Crippen LogP contribution in [-0.4, -0.2) is 31.6 Å². The molecule has 0 amide bonds. The molecule has 2 heteroatoms. The van der Waals surface area contributed by atoms with Gasteiger partial charge in [0.05, 0.1) is 0 Å². The highest BCUT2D eigenvalue weighted by Crippen LogP contribution is 2.08. The van der Waals surface area contributed by atoms with Crippen LogP contribution in [0.2, 0.25) is 0 Å². The van der Waals surface area contributed by atoms with Crippen LogP contribution >= 0.6 is 0 Å². The monoisotopic (exact) mass is 158 g/mol. The Morgan fingerprint density at radius 1 is 1.36 bits per heavy atom. The zero-order valence-corrected chi connectivity index (χ0v) is 8.30. The van der Waals surface area contributed by atoms with Crippen molar-refractivity contribution in [2.45, 2.75) is 32.7 Å². The SMILES string of the molecule is CCC(C)C(N)CCN(C)C. The second-order valence-corrected chi connectivity index (χ2v) is 3.64. The van der Waals surface area contributed by atoms with Gasteiger partial charge in [-0.2, -0.15) is 0 Å². The summed E-state index contributed by atoms with van der Waals surface area (Å²) in [4.78, 5) is 2.18. The van der Waals surface area contributed by atoms with E-state index < -0.39 is 0 Å². The molecule has 0 heterocycles. The summed E-state index contributed by atoms with van der Waals surface area (Å²) in [6.45, 7) is 5.52. The molecule has 0 aromatic heterocycles. The lowest BCUT2D eigenvalue weighted by Gasteiger charge is -2.20. The Hall–Kier alpha value is -0.0800. The van der Waals surface area contributed by atoms with Crippen molar-refractivity contribution in [1.29, 1.82) is 0 Å². The maximum atomic E-state index is 5.95. The first-order valence-corrected chi connectivity index (χ1v) is 4.48. The molecule has 0 aliphatic carbocycles. The van der Waals surface area contributed by atoms with Crippen LogP contribution in [0.25, 0.3) is 0 Å². The third-order valence-corrected chi connectivity index (χ3v) is 2.28. The molecular formula is C9H22N2. The van der Waals surface area contributed by atoms with Crippen molar-refractivity contribution in [3.63, 3.8) is 0 Å². The number of rotatable bonds is 5. The zero-order valence-electron chi connectivity index (χ0n) is 8.30. The maximum Gasteiger partial charge on any atom is 0.00765 e. The molecule has 0 fully saturated rings. The second kappa shape index (κ2) is 5.56. The van der Waals surface area contributed by atoms with E-state index in [9.17, 15) is 0 Å². The van der Waals surface area contributed by atoms with E-state index in [4.69, 9.17) is 5.73 Å². The average molecular weight is 158 g/mol. The first-order chi connectivity index (χ1) is 5.07. The number of nitrogens with zero attached hydrogens (tertiary/aromatic N) is 1. The van der Waals surface area contributed by atoms with Crippen LogP contribution in [0.3, 0.4) is 0 Å². The molecule has 0 spiro atoms. The fourth-order valence-corrected chi connectivity index (χ4v) is 0.995. The van der Waals surface area contributed by atoms with E-state index in [0.717, 1.165) is 13.0 Å². The van der Waals surface area contributed by atoms with Crippen molar-refractivity contribution in [2.24, 2.45) is 11.7 Å². The third-order valence-electron chi connectivity index (χ3n) is 2.28. The number of hydrogen-bond acceptors (Lipinski definition) is 2. The van der Waals surface area contributed by atoms with Crippen LogP contribution in [0.4, 0.5) is 0 Å². The van der Waals surface area contributed by atoms with E-state index >= 15 is 0 Å². The molecule has 0 aromatic rings. The minimum absolute atomic E-state index is 0.377. The molecule has 0 aliphatic heterocycles. The van der Waals surface area contributed by atoms with Gasteiger partial charge < -0.3 is 10.6 Å². The third kappa shape index (κ3) is 5.22. The van der Waals surface area contributed by atoms with Crippen molar-refractivity contribution in [1.82, 2.24) is 4.90 Å². The van der Waals surface area contributed by atoms with Crippen LogP contribution in [0, 0.1) is 5.92 Å². The van der Waals surface area contributed by atoms with Crippen molar-refractivity contribution < 1.29 is 0 Å². The number of hydrogen-bond donors (Lipinski definition) is 1. The zero-order chi connectivity index (χ0) is 8.85. The van der Waals surface area contributed by atoms with Crippen LogP contribution in [-0.2, 0) is 0 Å². The highest BCUT2D eigenvalue weighted by molar-refractivity contribution is 4.68. The molecule has 2 atom stereocenters. The van der Waals surface area contributed by atoms with Crippen LogP contribution in [0.1, 0.15) is 26.7 Å². The molecule has 2 unspecified atom stereocenters. The van der Waals surface area contributed by atoms with E-state index in [1.807, 2.05) is 0 Å². The lowest BCUT2D eigenvalue weighted by Crippen LogP contribution is -2.31. The second-order valence-electron chi connectivity index (χ2n) is 3.64. The van der Waals surface area contributed by atoms with E-state index in [1.165, 1.54) is 6.42 Å². The Kier molecular flexibility index (Phi) is 5.51. The number of nitrogens with two attached hydrogens (primary N) is 1. The summed E-state index contributed by atoms with van der Waals surface area (Å²) in [7, 11) is 4.17. The molecule has 2 N–H and O–H groups in total. The fourth-order valence-electron chi connectivity index (χ4n) is 0.995. The van der Waals surface area contributed by atoms with Gasteiger partial charge in [-0.3, -0.25) is 0 Å². The predicted octanol–water partition coefficient (Wildman–Crippen LogP) is 1.31. The average Bonchev–Trinajstić information content (AvgIpc) is 1.98. The Labute approximate surface area is 70.8 Å². The normalized spacial score (nSPS) is 16.9. The summed E-state index contributed by atoms with van der Waals surface area (Å²) in [6, 6.07) is 0.377. The molecule has 0 aliphatic rings. The molecule has 0 rings (SSSR count). The van der Waals surface area contributed by atoms with Crippen molar-refractivity contribution in [2.75, 3.05) is 20.6 Å². The molecule has 0 radical (unpaired) electrons. The van der Waals surface area contributed by atoms with Gasteiger partial charge in [0.1, 0.15) is 0 Å². The van der Waals surface area contributed by atoms with E-state index in [0.29, 0.717) is 12.0 Å². The van der Waals surface area contributed by atoms with Gasteiger partial charge in [-0.05, 0) is 33.0 Å². The van der Waals surface area contributed by atoms with Gasteiger partial charge in [-0.15, -0.1) is 0 Å². The summed E-state index contributed by atoms with van der Waals surface area (Å²) >= 11 is 0. The smallest absolute Gasteiger partial charge is 0.00765 e. The van der Waals surface area contributed by atoms with Gasteiger partial charge in [-0.25, -0.2) is 0 Å². The van der Waals surface area contributed by atoms with Gasteiger partial charge >= 0.3 is 0 Å². The van der Waals surface area contributed by atoms with Gasteiger partial charge in [0.15, 0.2) is 0 Å². The lowest BCUT2D eigenvalue weighted by atomic mass is 9.97. The minimum Gasteiger partial charge on any atom is -0.327 e. The summed E-state index contributed by atoms with van der Waals surface area (Å²) in [6.07, 6.45) is 2.30. The fraction of sp³-hybridized carbons (Fsp3) is 1.00. The summed E-state index contributed by atoms with van der Waals surface area (Å²) < 4.78 is 0. The standard InChI is InChI=1S/C9H22N2/c1-5-8(2)9(10)6-7-11(3)4/h8-9H,5-7,10H2,1-4H3. The molecule has 0 bridgehead atoms. The highest BCUT2D eigenvalue weighted by atomic mass is 15.0. The van der Waals surface area contributed by atoms with Gasteiger partial charge in [0.2, 0.25) is 0 Å². The molecule has 2 nitrogen and oxygen atoms in total. The van der Waals surface area contributed by atoms with E-state index in [2.05, 4.69) is 32.8 Å². The minimum atomic E-state index is 0.377.